The van der Waals surface area contributed by atoms with Crippen LogP contribution in [0.3, 0.4) is 0 Å². The third kappa shape index (κ3) is 3.03. The molecular formula is C13H14F3NO2S. The van der Waals surface area contributed by atoms with Crippen molar-refractivity contribution in [3.63, 3.8) is 0 Å². The standard InChI is InChI=1S/C13H14F3NO2S/c1-8-4-2-3-7-17(8)12(19)10-6-5-9(20-10)11(18)13(14,15)16/h5-6,8H,2-4,7H2,1H3. The van der Waals surface area contributed by atoms with Crippen LogP contribution in [0.5, 0.6) is 0 Å². The Morgan fingerprint density at radius 3 is 2.50 bits per heavy atom. The second-order valence-electron chi connectivity index (χ2n) is 4.83. The fourth-order valence-electron chi connectivity index (χ4n) is 2.26. The molecule has 1 aliphatic heterocycles. The van der Waals surface area contributed by atoms with E-state index in [0.717, 1.165) is 25.3 Å². The van der Waals surface area contributed by atoms with Gasteiger partial charge in [-0.2, -0.15) is 13.2 Å². The van der Waals surface area contributed by atoms with Crippen LogP contribution in [0.4, 0.5) is 13.2 Å². The van der Waals surface area contributed by atoms with Crippen LogP contribution in [0.15, 0.2) is 12.1 Å². The molecule has 7 heteroatoms. The molecule has 2 rings (SSSR count). The van der Waals surface area contributed by atoms with Crippen molar-refractivity contribution < 1.29 is 22.8 Å². The molecule has 1 aliphatic rings. The topological polar surface area (TPSA) is 37.4 Å². The van der Waals surface area contributed by atoms with E-state index in [1.54, 1.807) is 4.90 Å². The summed E-state index contributed by atoms with van der Waals surface area (Å²) in [5.41, 5.74) is 0. The van der Waals surface area contributed by atoms with Crippen molar-refractivity contribution >= 4 is 23.0 Å². The zero-order valence-electron chi connectivity index (χ0n) is 10.9. The third-order valence-corrected chi connectivity index (χ3v) is 4.43. The summed E-state index contributed by atoms with van der Waals surface area (Å²) in [5.74, 6) is -2.18. The van der Waals surface area contributed by atoms with Gasteiger partial charge in [-0.3, -0.25) is 9.59 Å². The third-order valence-electron chi connectivity index (χ3n) is 3.36. The summed E-state index contributed by atoms with van der Waals surface area (Å²) in [6.07, 6.45) is -2.06. The molecule has 3 nitrogen and oxygen atoms in total. The van der Waals surface area contributed by atoms with Crippen LogP contribution in [0.25, 0.3) is 0 Å². The summed E-state index contributed by atoms with van der Waals surface area (Å²) >= 11 is 0.611. The summed E-state index contributed by atoms with van der Waals surface area (Å²) in [6, 6.07) is 2.45. The largest absolute Gasteiger partial charge is 0.455 e. The molecule has 1 saturated heterocycles. The molecule has 0 saturated carbocycles. The van der Waals surface area contributed by atoms with Gasteiger partial charge in [0.2, 0.25) is 0 Å². The van der Waals surface area contributed by atoms with Gasteiger partial charge in [-0.15, -0.1) is 11.3 Å². The first-order valence-corrected chi connectivity index (χ1v) is 7.14. The Balaban J connectivity index is 2.16. The van der Waals surface area contributed by atoms with E-state index in [0.29, 0.717) is 17.9 Å². The molecule has 0 aliphatic carbocycles. The van der Waals surface area contributed by atoms with Crippen molar-refractivity contribution in [3.8, 4) is 0 Å². The molecule has 1 amide bonds. The molecule has 1 atom stereocenters. The number of alkyl halides is 3. The number of piperidine rings is 1. The van der Waals surface area contributed by atoms with Crippen LogP contribution >= 0.6 is 11.3 Å². The highest BCUT2D eigenvalue weighted by Gasteiger charge is 2.40. The molecule has 0 spiro atoms. The number of ketones is 1. The number of likely N-dealkylation sites (tertiary alicyclic amines) is 1. The van der Waals surface area contributed by atoms with Crippen LogP contribution in [0.2, 0.25) is 0 Å². The van der Waals surface area contributed by atoms with Gasteiger partial charge in [-0.05, 0) is 38.3 Å². The lowest BCUT2D eigenvalue weighted by molar-refractivity contribution is -0.0882. The van der Waals surface area contributed by atoms with Gasteiger partial charge >= 0.3 is 6.18 Å². The number of thiophene rings is 1. The molecule has 1 unspecified atom stereocenters. The SMILES string of the molecule is CC1CCCCN1C(=O)c1ccc(C(=O)C(F)(F)F)s1. The number of carbonyl (C=O) groups is 2. The highest BCUT2D eigenvalue weighted by molar-refractivity contribution is 7.16. The minimum atomic E-state index is -4.90. The Kier molecular flexibility index (Phi) is 4.17. The Morgan fingerprint density at radius 1 is 1.25 bits per heavy atom. The van der Waals surface area contributed by atoms with Gasteiger partial charge in [-0.25, -0.2) is 0 Å². The normalized spacial score (nSPS) is 20.0. The van der Waals surface area contributed by atoms with Crippen LogP contribution in [-0.2, 0) is 0 Å². The number of rotatable bonds is 2. The molecule has 2 heterocycles. The van der Waals surface area contributed by atoms with Crippen molar-refractivity contribution in [3.05, 3.63) is 21.9 Å². The van der Waals surface area contributed by atoms with Gasteiger partial charge in [0.25, 0.3) is 11.7 Å². The van der Waals surface area contributed by atoms with Gasteiger partial charge in [0, 0.05) is 12.6 Å². The average molecular weight is 305 g/mol. The lowest BCUT2D eigenvalue weighted by Gasteiger charge is -2.33. The highest BCUT2D eigenvalue weighted by atomic mass is 32.1. The van der Waals surface area contributed by atoms with Crippen molar-refractivity contribution in [1.29, 1.82) is 0 Å². The molecule has 0 radical (unpaired) electrons. The molecule has 0 bridgehead atoms. The van der Waals surface area contributed by atoms with Crippen LogP contribution in [0.1, 0.15) is 45.5 Å². The summed E-state index contributed by atoms with van der Waals surface area (Å²) < 4.78 is 37.0. The van der Waals surface area contributed by atoms with E-state index >= 15 is 0 Å². The molecule has 20 heavy (non-hydrogen) atoms. The smallest absolute Gasteiger partial charge is 0.335 e. The Hall–Kier alpha value is -1.37. The van der Waals surface area contributed by atoms with Gasteiger partial charge in [-0.1, -0.05) is 0 Å². The Labute approximate surface area is 118 Å². The van der Waals surface area contributed by atoms with Crippen LogP contribution in [0, 0.1) is 0 Å². The van der Waals surface area contributed by atoms with Gasteiger partial charge in [0.05, 0.1) is 9.75 Å². The van der Waals surface area contributed by atoms with Crippen molar-refractivity contribution in [2.24, 2.45) is 0 Å². The van der Waals surface area contributed by atoms with Crippen LogP contribution in [-0.4, -0.2) is 35.4 Å². The molecular weight excluding hydrogens is 291 g/mol. The summed E-state index contributed by atoms with van der Waals surface area (Å²) in [7, 11) is 0. The maximum Gasteiger partial charge on any atom is 0.455 e. The van der Waals surface area contributed by atoms with E-state index in [2.05, 4.69) is 0 Å². The fourth-order valence-corrected chi connectivity index (χ4v) is 3.18. The van der Waals surface area contributed by atoms with E-state index in [1.165, 1.54) is 6.07 Å². The molecule has 110 valence electrons. The van der Waals surface area contributed by atoms with Crippen molar-refractivity contribution in [2.75, 3.05) is 6.54 Å². The monoisotopic (exact) mass is 305 g/mol. The molecule has 1 aromatic rings. The number of hydrogen-bond acceptors (Lipinski definition) is 3. The van der Waals surface area contributed by atoms with Crippen molar-refractivity contribution in [1.82, 2.24) is 4.90 Å². The first-order valence-electron chi connectivity index (χ1n) is 6.33. The lowest BCUT2D eigenvalue weighted by Crippen LogP contribution is -2.41. The summed E-state index contributed by atoms with van der Waals surface area (Å²) in [4.78, 5) is 24.8. The number of amides is 1. The number of hydrogen-bond donors (Lipinski definition) is 0. The van der Waals surface area contributed by atoms with Crippen LogP contribution < -0.4 is 0 Å². The quantitative estimate of drug-likeness (QED) is 0.784. The van der Waals surface area contributed by atoms with Gasteiger partial charge in [0.1, 0.15) is 0 Å². The molecule has 0 aromatic carbocycles. The minimum absolute atomic E-state index is 0.0834. The number of nitrogens with zero attached hydrogens (tertiary/aromatic N) is 1. The minimum Gasteiger partial charge on any atom is -0.335 e. The molecule has 1 fully saturated rings. The van der Waals surface area contributed by atoms with E-state index in [-0.39, 0.29) is 16.8 Å². The van der Waals surface area contributed by atoms with E-state index in [9.17, 15) is 22.8 Å². The first kappa shape index (κ1) is 15.0. The maximum absolute atomic E-state index is 12.3. The predicted molar refractivity (Wildman–Crippen MR) is 69.1 cm³/mol. The zero-order chi connectivity index (χ0) is 14.9. The van der Waals surface area contributed by atoms with E-state index < -0.39 is 16.8 Å². The highest BCUT2D eigenvalue weighted by Crippen LogP contribution is 2.28. The van der Waals surface area contributed by atoms with Crippen molar-refractivity contribution in [2.45, 2.75) is 38.4 Å². The van der Waals surface area contributed by atoms with Gasteiger partial charge < -0.3 is 4.90 Å². The maximum atomic E-state index is 12.3. The zero-order valence-corrected chi connectivity index (χ0v) is 11.7. The lowest BCUT2D eigenvalue weighted by atomic mass is 10.0. The number of Topliss-reactive ketones (excluding diaryl/α,β-unsaturated/α-hetero) is 1. The number of halogens is 3. The Morgan fingerprint density at radius 2 is 1.90 bits per heavy atom. The first-order chi connectivity index (χ1) is 9.30. The average Bonchev–Trinajstić information content (AvgIpc) is 2.86. The predicted octanol–water partition coefficient (Wildman–Crippen LogP) is 3.51. The van der Waals surface area contributed by atoms with Gasteiger partial charge in [0.15, 0.2) is 0 Å². The molecule has 1 aromatic heterocycles. The Bertz CT molecular complexity index is 524. The fraction of sp³-hybridized carbons (Fsp3) is 0.538. The van der Waals surface area contributed by atoms with E-state index in [4.69, 9.17) is 0 Å². The molecule has 0 N–H and O–H groups in total. The van der Waals surface area contributed by atoms with E-state index in [1.807, 2.05) is 6.92 Å². The summed E-state index contributed by atoms with van der Waals surface area (Å²) in [5, 5.41) is 0. The number of carbonyl (C=O) groups excluding carboxylic acids is 2. The second-order valence-corrected chi connectivity index (χ2v) is 5.92. The summed E-state index contributed by atoms with van der Waals surface area (Å²) in [6.45, 7) is 2.53. The second kappa shape index (κ2) is 5.55.